The number of ether oxygens (including phenoxy) is 2. The third-order valence-corrected chi connectivity index (χ3v) is 3.16. The Bertz CT molecular complexity index is 744. The van der Waals surface area contributed by atoms with Crippen LogP contribution in [0.4, 0.5) is 10.5 Å². The Hall–Kier alpha value is -3.37. The number of nitro benzene ring substituents is 1. The van der Waals surface area contributed by atoms with E-state index in [9.17, 15) is 24.5 Å². The molecule has 0 aromatic heterocycles. The second-order valence-corrected chi connectivity index (χ2v) is 6.61. The molecular formula is C17H24N4O7. The summed E-state index contributed by atoms with van der Waals surface area (Å²) in [5.74, 6) is -1.10. The first kappa shape index (κ1) is 22.7. The maximum absolute atomic E-state index is 12.0. The van der Waals surface area contributed by atoms with Gasteiger partial charge in [0, 0.05) is 24.7 Å². The Morgan fingerprint density at radius 2 is 1.75 bits per heavy atom. The lowest BCUT2D eigenvalue weighted by Crippen LogP contribution is -2.41. The molecule has 0 fully saturated rings. The molecule has 0 atom stereocenters. The average molecular weight is 396 g/mol. The van der Waals surface area contributed by atoms with Crippen molar-refractivity contribution in [3.05, 3.63) is 33.9 Å². The monoisotopic (exact) mass is 396 g/mol. The topological polar surface area (TPSA) is 149 Å². The van der Waals surface area contributed by atoms with Crippen molar-refractivity contribution >= 4 is 23.6 Å². The lowest BCUT2D eigenvalue weighted by atomic mass is 10.1. The van der Waals surface area contributed by atoms with Gasteiger partial charge in [-0.25, -0.2) is 4.79 Å². The van der Waals surface area contributed by atoms with Gasteiger partial charge in [0.15, 0.2) is 5.75 Å². The Balaban J connectivity index is 2.41. The fourth-order valence-corrected chi connectivity index (χ4v) is 1.98. The van der Waals surface area contributed by atoms with E-state index in [1.807, 2.05) is 0 Å². The molecular weight excluding hydrogens is 372 g/mol. The van der Waals surface area contributed by atoms with E-state index in [1.54, 1.807) is 20.8 Å². The summed E-state index contributed by atoms with van der Waals surface area (Å²) in [6.07, 6.45) is -0.601. The molecule has 0 heterocycles. The van der Waals surface area contributed by atoms with E-state index in [-0.39, 0.29) is 36.6 Å². The highest BCUT2D eigenvalue weighted by molar-refractivity contribution is 5.97. The van der Waals surface area contributed by atoms with Crippen LogP contribution in [0, 0.1) is 10.1 Å². The Kier molecular flexibility index (Phi) is 8.17. The van der Waals surface area contributed by atoms with E-state index in [1.165, 1.54) is 19.2 Å². The molecule has 3 N–H and O–H groups in total. The number of alkyl carbamates (subject to hydrolysis) is 1. The summed E-state index contributed by atoms with van der Waals surface area (Å²) in [4.78, 5) is 45.5. The smallest absolute Gasteiger partial charge is 0.407 e. The van der Waals surface area contributed by atoms with E-state index in [4.69, 9.17) is 9.47 Å². The fourth-order valence-electron chi connectivity index (χ4n) is 1.98. The molecule has 0 spiro atoms. The maximum atomic E-state index is 12.0. The Morgan fingerprint density at radius 3 is 2.32 bits per heavy atom. The van der Waals surface area contributed by atoms with Crippen LogP contribution in [0.25, 0.3) is 0 Å². The number of nitrogens with one attached hydrogen (secondary N) is 3. The fraction of sp³-hybridized carbons (Fsp3) is 0.471. The zero-order valence-corrected chi connectivity index (χ0v) is 16.2. The molecule has 0 aliphatic heterocycles. The number of methoxy groups -OCH3 is 1. The highest BCUT2D eigenvalue weighted by Crippen LogP contribution is 2.27. The number of rotatable bonds is 8. The van der Waals surface area contributed by atoms with Gasteiger partial charge in [-0.15, -0.1) is 0 Å². The summed E-state index contributed by atoms with van der Waals surface area (Å²) in [5.41, 5.74) is -0.951. The van der Waals surface area contributed by atoms with E-state index < -0.39 is 28.4 Å². The van der Waals surface area contributed by atoms with E-state index in [0.29, 0.717) is 0 Å². The van der Waals surface area contributed by atoms with Crippen molar-refractivity contribution in [2.24, 2.45) is 0 Å². The minimum absolute atomic E-state index is 0.0203. The van der Waals surface area contributed by atoms with Gasteiger partial charge >= 0.3 is 11.8 Å². The van der Waals surface area contributed by atoms with Gasteiger partial charge in [-0.05, 0) is 32.9 Å². The molecule has 154 valence electrons. The number of nitro groups is 1. The molecule has 1 aromatic carbocycles. The van der Waals surface area contributed by atoms with Gasteiger partial charge in [0.25, 0.3) is 5.91 Å². The molecule has 0 unspecified atom stereocenters. The number of hydrogen-bond acceptors (Lipinski definition) is 7. The van der Waals surface area contributed by atoms with Crippen LogP contribution in [0.5, 0.6) is 5.75 Å². The summed E-state index contributed by atoms with van der Waals surface area (Å²) in [6.45, 7) is 5.16. The Labute approximate surface area is 161 Å². The van der Waals surface area contributed by atoms with E-state index >= 15 is 0 Å². The van der Waals surface area contributed by atoms with Gasteiger partial charge in [0.05, 0.1) is 18.6 Å². The van der Waals surface area contributed by atoms with Crippen LogP contribution in [0.2, 0.25) is 0 Å². The average Bonchev–Trinajstić information content (AvgIpc) is 2.61. The second-order valence-electron chi connectivity index (χ2n) is 6.61. The van der Waals surface area contributed by atoms with Gasteiger partial charge < -0.3 is 25.4 Å². The molecule has 28 heavy (non-hydrogen) atoms. The molecule has 0 aliphatic carbocycles. The van der Waals surface area contributed by atoms with Crippen LogP contribution in [-0.4, -0.2) is 55.2 Å². The molecule has 11 heteroatoms. The summed E-state index contributed by atoms with van der Waals surface area (Å²) in [5, 5.41) is 18.3. The Morgan fingerprint density at radius 1 is 1.11 bits per heavy atom. The lowest BCUT2D eigenvalue weighted by Gasteiger charge is -2.19. The lowest BCUT2D eigenvalue weighted by molar-refractivity contribution is -0.385. The molecule has 0 bridgehead atoms. The van der Waals surface area contributed by atoms with Crippen molar-refractivity contribution in [1.29, 1.82) is 0 Å². The highest BCUT2D eigenvalue weighted by Gasteiger charge is 2.18. The van der Waals surface area contributed by atoms with Crippen LogP contribution in [-0.2, 0) is 9.53 Å². The summed E-state index contributed by atoms with van der Waals surface area (Å²) in [6, 6.07) is 3.72. The van der Waals surface area contributed by atoms with E-state index in [2.05, 4.69) is 16.0 Å². The molecule has 3 amide bonds. The molecule has 1 aromatic rings. The molecule has 0 radical (unpaired) electrons. The zero-order valence-electron chi connectivity index (χ0n) is 16.2. The van der Waals surface area contributed by atoms with Gasteiger partial charge in [-0.2, -0.15) is 0 Å². The van der Waals surface area contributed by atoms with Crippen molar-refractivity contribution in [2.75, 3.05) is 26.7 Å². The van der Waals surface area contributed by atoms with Crippen molar-refractivity contribution in [2.45, 2.75) is 26.4 Å². The predicted octanol–water partition coefficient (Wildman–Crippen LogP) is 0.974. The number of hydrogen-bond donors (Lipinski definition) is 3. The molecule has 0 aliphatic rings. The van der Waals surface area contributed by atoms with Crippen LogP contribution in [0.1, 0.15) is 31.1 Å². The minimum atomic E-state index is -0.667. The maximum Gasteiger partial charge on any atom is 0.407 e. The molecule has 11 nitrogen and oxygen atoms in total. The summed E-state index contributed by atoms with van der Waals surface area (Å²) >= 11 is 0. The van der Waals surface area contributed by atoms with Gasteiger partial charge in [-0.3, -0.25) is 19.7 Å². The first-order chi connectivity index (χ1) is 13.0. The number of amides is 3. The predicted molar refractivity (Wildman–Crippen MR) is 99.2 cm³/mol. The first-order valence-corrected chi connectivity index (χ1v) is 8.37. The van der Waals surface area contributed by atoms with E-state index in [0.717, 1.165) is 6.07 Å². The molecule has 0 saturated carbocycles. The second kappa shape index (κ2) is 10.1. The van der Waals surface area contributed by atoms with Crippen molar-refractivity contribution in [3.63, 3.8) is 0 Å². The van der Waals surface area contributed by atoms with Gasteiger partial charge in [0.1, 0.15) is 5.60 Å². The van der Waals surface area contributed by atoms with Crippen molar-refractivity contribution < 1.29 is 28.8 Å². The number of carbonyl (C=O) groups is 3. The van der Waals surface area contributed by atoms with Crippen molar-refractivity contribution in [3.8, 4) is 5.75 Å². The van der Waals surface area contributed by atoms with Crippen LogP contribution in [0.15, 0.2) is 18.2 Å². The third kappa shape index (κ3) is 7.89. The quantitative estimate of drug-likeness (QED) is 0.337. The van der Waals surface area contributed by atoms with Gasteiger partial charge in [-0.1, -0.05) is 0 Å². The number of nitrogens with zero attached hydrogens (tertiary/aromatic N) is 1. The summed E-state index contributed by atoms with van der Waals surface area (Å²) in [7, 11) is 1.28. The number of benzene rings is 1. The third-order valence-electron chi connectivity index (χ3n) is 3.16. The largest absolute Gasteiger partial charge is 0.490 e. The van der Waals surface area contributed by atoms with Crippen molar-refractivity contribution in [1.82, 2.24) is 16.0 Å². The minimum Gasteiger partial charge on any atom is -0.490 e. The normalized spacial score (nSPS) is 10.6. The molecule has 0 saturated heterocycles. The first-order valence-electron chi connectivity index (χ1n) is 8.37. The van der Waals surface area contributed by atoms with Crippen LogP contribution >= 0.6 is 0 Å². The summed E-state index contributed by atoms with van der Waals surface area (Å²) < 4.78 is 9.90. The standard InChI is InChI=1S/C17H24N4O7/c1-17(2,3)28-16(24)19-8-7-18-14(22)10-20-15(23)11-5-6-13(27-4)12(9-11)21(25)26/h5-6,9H,7-8,10H2,1-4H3,(H,18,22)(H,19,24)(H,20,23). The number of carbonyl (C=O) groups excluding carboxylic acids is 3. The van der Waals surface area contributed by atoms with Crippen LogP contribution < -0.4 is 20.7 Å². The zero-order chi connectivity index (χ0) is 21.3. The SMILES string of the molecule is COc1ccc(C(=O)NCC(=O)NCCNC(=O)OC(C)(C)C)cc1[N+](=O)[O-]. The molecule has 1 rings (SSSR count). The highest BCUT2D eigenvalue weighted by atomic mass is 16.6. The van der Waals surface area contributed by atoms with Gasteiger partial charge in [0.2, 0.25) is 5.91 Å². The van der Waals surface area contributed by atoms with Crippen LogP contribution in [0.3, 0.4) is 0 Å².